The zero-order valence-electron chi connectivity index (χ0n) is 38.7. The lowest BCUT2D eigenvalue weighted by Crippen LogP contribution is -2.55. The van der Waals surface area contributed by atoms with Gasteiger partial charge < -0.3 is 0 Å². The summed E-state index contributed by atoms with van der Waals surface area (Å²) < 4.78 is 2.69. The van der Waals surface area contributed by atoms with E-state index in [1.807, 2.05) is 0 Å². The highest BCUT2D eigenvalue weighted by Crippen LogP contribution is 2.32. The Morgan fingerprint density at radius 2 is 0.418 bits per heavy atom. The molecule has 0 unspecified atom stereocenters. The van der Waals surface area contributed by atoms with E-state index in [1.165, 1.54) is 289 Å². The molecule has 1 heterocycles. The largest absolute Gasteiger partial charge is 0.200 e. The van der Waals surface area contributed by atoms with Crippen LogP contribution in [0.5, 0.6) is 0 Å². The molecule has 0 N–H and O–H groups in total. The van der Waals surface area contributed by atoms with Crippen LogP contribution < -0.4 is 4.57 Å². The fourth-order valence-electron chi connectivity index (χ4n) is 9.42. The zero-order valence-corrected chi connectivity index (χ0v) is 38.7. The molecule has 0 aromatic carbocycles. The third kappa shape index (κ3) is 33.8. The first-order chi connectivity index (χ1) is 27.3. The highest BCUT2D eigenvalue weighted by Gasteiger charge is 2.37. The van der Waals surface area contributed by atoms with Crippen molar-refractivity contribution < 1.29 is 4.57 Å². The molecule has 0 aliphatic carbocycles. The molecule has 1 nitrogen and oxygen atoms in total. The Bertz CT molecular complexity index is 795. The Labute approximate surface area is 349 Å². The van der Waals surface area contributed by atoms with Gasteiger partial charge in [0.15, 0.2) is 17.9 Å². The van der Waals surface area contributed by atoms with Gasteiger partial charge in [0.2, 0.25) is 0 Å². The molecule has 0 fully saturated rings. The lowest BCUT2D eigenvalue weighted by Gasteiger charge is -2.29. The predicted molar refractivity (Wildman–Crippen MR) is 249 cm³/mol. The summed E-state index contributed by atoms with van der Waals surface area (Å²) in [6.07, 6.45) is 69.9. The molecule has 0 saturated heterocycles. The summed E-state index contributed by atoms with van der Waals surface area (Å²) in [6.45, 7) is 6.97. The van der Waals surface area contributed by atoms with Crippen molar-refractivity contribution in [1.82, 2.24) is 0 Å². The number of unbranched alkanes of at least 4 members (excludes halogenated alkanes) is 39. The maximum atomic E-state index is 2.69. The lowest BCUT2D eigenvalue weighted by molar-refractivity contribution is -0.768. The summed E-state index contributed by atoms with van der Waals surface area (Å²) in [6, 6.07) is 6.83. The van der Waals surface area contributed by atoms with E-state index in [-0.39, 0.29) is 0 Å². The first-order valence-corrected chi connectivity index (χ1v) is 26.3. The van der Waals surface area contributed by atoms with Crippen molar-refractivity contribution in [3.63, 3.8) is 0 Å². The maximum Gasteiger partial charge on any atom is 0.169 e. The van der Waals surface area contributed by atoms with Gasteiger partial charge in [0.05, 0.1) is 0 Å². The highest BCUT2D eigenvalue weighted by atomic mass is 15.0. The van der Waals surface area contributed by atoms with Crippen molar-refractivity contribution in [2.75, 3.05) is 0 Å². The number of rotatable bonds is 46. The van der Waals surface area contributed by atoms with E-state index in [0.29, 0.717) is 5.54 Å². The molecule has 324 valence electrons. The Hall–Kier alpha value is -0.850. The van der Waals surface area contributed by atoms with Crippen molar-refractivity contribution in [1.29, 1.82) is 0 Å². The van der Waals surface area contributed by atoms with Gasteiger partial charge in [-0.15, -0.1) is 0 Å². The highest BCUT2D eigenvalue weighted by molar-refractivity contribution is 4.86. The van der Waals surface area contributed by atoms with Crippen LogP contribution in [0.25, 0.3) is 0 Å². The summed E-state index contributed by atoms with van der Waals surface area (Å²) in [7, 11) is 0. The average Bonchev–Trinajstić information content (AvgIpc) is 3.21. The third-order valence-corrected chi connectivity index (χ3v) is 13.3. The van der Waals surface area contributed by atoms with Gasteiger partial charge in [-0.2, -0.15) is 4.57 Å². The predicted octanol–water partition coefficient (Wildman–Crippen LogP) is 19.3. The quantitative estimate of drug-likeness (QED) is 0.0460. The van der Waals surface area contributed by atoms with Crippen molar-refractivity contribution in [2.45, 2.75) is 315 Å². The normalized spacial score (nSPS) is 11.9. The number of hydrogen-bond donors (Lipinski definition) is 0. The molecule has 1 heteroatoms. The second-order valence-electron chi connectivity index (χ2n) is 18.5. The van der Waals surface area contributed by atoms with E-state index in [1.54, 1.807) is 0 Å². The molecule has 0 aliphatic rings. The van der Waals surface area contributed by atoms with Gasteiger partial charge in [0.25, 0.3) is 0 Å². The number of aromatic nitrogens is 1. The molecule has 0 aliphatic heterocycles. The van der Waals surface area contributed by atoms with Gasteiger partial charge in [0.1, 0.15) is 0 Å². The summed E-state index contributed by atoms with van der Waals surface area (Å²) in [5.41, 5.74) is 0.327. The molecule has 0 amide bonds. The molecule has 0 saturated carbocycles. The van der Waals surface area contributed by atoms with Gasteiger partial charge in [-0.3, -0.25) is 0 Å². The molecule has 0 spiro atoms. The number of hydrogen-bond acceptors (Lipinski definition) is 0. The van der Waals surface area contributed by atoms with Gasteiger partial charge in [-0.1, -0.05) is 277 Å². The van der Waals surface area contributed by atoms with Crippen LogP contribution in [0.15, 0.2) is 30.6 Å². The molecule has 1 aromatic heterocycles. The fourth-order valence-corrected chi connectivity index (χ4v) is 9.42. The maximum absolute atomic E-state index is 2.69. The van der Waals surface area contributed by atoms with E-state index >= 15 is 0 Å². The first-order valence-electron chi connectivity index (χ1n) is 26.3. The van der Waals surface area contributed by atoms with Gasteiger partial charge in [0, 0.05) is 31.4 Å². The zero-order chi connectivity index (χ0) is 39.4. The van der Waals surface area contributed by atoms with E-state index in [9.17, 15) is 0 Å². The van der Waals surface area contributed by atoms with Crippen LogP contribution in [0, 0.1) is 0 Å². The molecule has 0 radical (unpaired) electrons. The molecule has 1 aromatic rings. The van der Waals surface area contributed by atoms with Crippen LogP contribution in [0.1, 0.15) is 310 Å². The van der Waals surface area contributed by atoms with Crippen molar-refractivity contribution >= 4 is 0 Å². The minimum atomic E-state index is 0.327. The van der Waals surface area contributed by atoms with Gasteiger partial charge in [-0.05, 0) is 19.3 Å². The Kier molecular flexibility index (Phi) is 40.5. The third-order valence-electron chi connectivity index (χ3n) is 13.3. The standard InChI is InChI=1S/C54H104N/c1-4-7-10-13-16-19-22-24-26-28-30-32-35-38-41-45-50-54(55-52-47-43-48-53-55,49-44-40-37-34-21-18-15-12-9-6-3)51-46-42-39-36-33-31-29-27-25-23-20-17-14-11-8-5-2/h43,47-48,52-53H,4-42,44-46,49-51H2,1-3H3/q+1. The fraction of sp³-hybridized carbons (Fsp3) is 0.907. The second-order valence-corrected chi connectivity index (χ2v) is 18.5. The minimum absolute atomic E-state index is 0.327. The smallest absolute Gasteiger partial charge is 0.169 e. The SMILES string of the molecule is CCCCCCCCCCCCCCCCCCC(CCCCCCCCCCCC)(CCCCCCCCCCCCCCCCCC)[n+]1ccccc1. The van der Waals surface area contributed by atoms with E-state index < -0.39 is 0 Å². The summed E-state index contributed by atoms with van der Waals surface area (Å²) >= 11 is 0. The van der Waals surface area contributed by atoms with Crippen LogP contribution in [0.3, 0.4) is 0 Å². The number of pyridine rings is 1. The van der Waals surface area contributed by atoms with Crippen LogP contribution in [-0.2, 0) is 5.54 Å². The molecular weight excluding hydrogens is 663 g/mol. The van der Waals surface area contributed by atoms with Crippen LogP contribution >= 0.6 is 0 Å². The van der Waals surface area contributed by atoms with Gasteiger partial charge in [-0.25, -0.2) is 0 Å². The monoisotopic (exact) mass is 767 g/mol. The van der Waals surface area contributed by atoms with Gasteiger partial charge >= 0.3 is 0 Å². The molecule has 0 bridgehead atoms. The van der Waals surface area contributed by atoms with Crippen LogP contribution in [0.2, 0.25) is 0 Å². The first kappa shape index (κ1) is 52.2. The second kappa shape index (κ2) is 42.7. The molecule has 1 rings (SSSR count). The van der Waals surface area contributed by atoms with Crippen molar-refractivity contribution in [2.24, 2.45) is 0 Å². The summed E-state index contributed by atoms with van der Waals surface area (Å²) in [4.78, 5) is 0. The van der Waals surface area contributed by atoms with Crippen molar-refractivity contribution in [3.05, 3.63) is 30.6 Å². The Balaban J connectivity index is 2.42. The Morgan fingerprint density at radius 3 is 0.618 bits per heavy atom. The van der Waals surface area contributed by atoms with E-state index in [0.717, 1.165) is 0 Å². The van der Waals surface area contributed by atoms with Crippen LogP contribution in [-0.4, -0.2) is 0 Å². The van der Waals surface area contributed by atoms with E-state index in [4.69, 9.17) is 0 Å². The summed E-state index contributed by atoms with van der Waals surface area (Å²) in [5.74, 6) is 0. The molecule has 55 heavy (non-hydrogen) atoms. The minimum Gasteiger partial charge on any atom is -0.200 e. The lowest BCUT2D eigenvalue weighted by atomic mass is 9.81. The summed E-state index contributed by atoms with van der Waals surface area (Å²) in [5, 5.41) is 0. The van der Waals surface area contributed by atoms with Crippen molar-refractivity contribution in [3.8, 4) is 0 Å². The van der Waals surface area contributed by atoms with Crippen LogP contribution in [0.4, 0.5) is 0 Å². The topological polar surface area (TPSA) is 3.88 Å². The Morgan fingerprint density at radius 1 is 0.236 bits per heavy atom. The molecule has 0 atom stereocenters. The molecular formula is C54H104N+. The average molecular weight is 767 g/mol. The number of nitrogens with zero attached hydrogens (tertiary/aromatic N) is 1. The van der Waals surface area contributed by atoms with E-state index in [2.05, 4.69) is 55.9 Å².